The molecule has 0 radical (unpaired) electrons. The highest BCUT2D eigenvalue weighted by Crippen LogP contribution is 2.25. The zero-order valence-corrected chi connectivity index (χ0v) is 21.5. The van der Waals surface area contributed by atoms with Crippen LogP contribution in [0.4, 0.5) is 4.39 Å². The van der Waals surface area contributed by atoms with E-state index < -0.39 is 10.9 Å². The van der Waals surface area contributed by atoms with Crippen LogP contribution in [0.1, 0.15) is 6.92 Å². The van der Waals surface area contributed by atoms with Gasteiger partial charge in [-0.1, -0.05) is 0 Å². The molecule has 1 unspecified atom stereocenters. The molecule has 0 spiro atoms. The number of fused-ring (bicyclic) bond motifs is 1. The van der Waals surface area contributed by atoms with Crippen molar-refractivity contribution in [3.8, 4) is 28.4 Å². The predicted octanol–water partition coefficient (Wildman–Crippen LogP) is 3.77. The number of thiol groups is 2. The zero-order valence-electron chi connectivity index (χ0n) is 19.7. The Morgan fingerprint density at radius 3 is 2.56 bits per heavy atom. The molecule has 8 nitrogen and oxygen atoms in total. The first-order valence-electron chi connectivity index (χ1n) is 11.1. The first-order valence-corrected chi connectivity index (χ1v) is 12.2. The molecule has 0 aliphatic heterocycles. The molecule has 1 aromatic carbocycles. The Hall–Kier alpha value is -3.28. The van der Waals surface area contributed by atoms with E-state index in [1.54, 1.807) is 72.4 Å². The summed E-state index contributed by atoms with van der Waals surface area (Å²) in [4.78, 5) is 18.4. The number of alkyl halides is 1. The minimum Gasteiger partial charge on any atom is -0.475 e. The number of pyridine rings is 3. The van der Waals surface area contributed by atoms with E-state index in [4.69, 9.17) is 14.9 Å². The monoisotopic (exact) mass is 527 g/mol. The molecule has 0 bridgehead atoms. The van der Waals surface area contributed by atoms with Crippen LogP contribution >= 0.6 is 25.3 Å². The number of ether oxygens (including phenoxy) is 2. The highest BCUT2D eigenvalue weighted by Gasteiger charge is 2.16. The number of aromatic nitrogens is 3. The molecule has 36 heavy (non-hydrogen) atoms. The molecule has 0 saturated carbocycles. The summed E-state index contributed by atoms with van der Waals surface area (Å²) in [5.74, 6) is 0.751. The van der Waals surface area contributed by atoms with E-state index in [0.29, 0.717) is 45.8 Å². The van der Waals surface area contributed by atoms with Crippen LogP contribution in [0.2, 0.25) is 0 Å². The number of halogens is 1. The van der Waals surface area contributed by atoms with Crippen LogP contribution in [-0.4, -0.2) is 38.7 Å². The molecule has 3 heterocycles. The van der Waals surface area contributed by atoms with E-state index in [-0.39, 0.29) is 18.0 Å². The van der Waals surface area contributed by atoms with Crippen molar-refractivity contribution < 1.29 is 13.9 Å². The van der Waals surface area contributed by atoms with E-state index in [1.165, 1.54) is 11.5 Å². The van der Waals surface area contributed by atoms with Gasteiger partial charge in [0.05, 0.1) is 12.4 Å². The van der Waals surface area contributed by atoms with Crippen LogP contribution in [0.25, 0.3) is 27.8 Å². The van der Waals surface area contributed by atoms with Crippen LogP contribution in [0.5, 0.6) is 11.6 Å². The van der Waals surface area contributed by atoms with Gasteiger partial charge in [-0.3, -0.25) is 14.8 Å². The van der Waals surface area contributed by atoms with Gasteiger partial charge in [0.25, 0.3) is 5.56 Å². The quantitative estimate of drug-likeness (QED) is 0.196. The summed E-state index contributed by atoms with van der Waals surface area (Å²) >= 11 is 8.23. The smallest absolute Gasteiger partial charge is 0.264 e. The Bertz CT molecular complexity index is 1490. The minimum absolute atomic E-state index is 0.146. The van der Waals surface area contributed by atoms with E-state index in [9.17, 15) is 9.18 Å². The van der Waals surface area contributed by atoms with Crippen molar-refractivity contribution in [2.24, 2.45) is 0 Å². The van der Waals surface area contributed by atoms with Crippen LogP contribution in [-0.2, 0) is 6.67 Å². The number of rotatable bonds is 9. The van der Waals surface area contributed by atoms with Gasteiger partial charge < -0.3 is 19.4 Å². The standard InChI is InChI=1S/C25H26FN5O3S2/c1-15(26)13-33-22-10-4-16-11-20(17-3-9-21(27)30(12-17)14-28-2)24(32)31(23(16)29-22)18-5-7-19(8-6-18)34-25(35)36/h3-12,15,25,27-28,35-36H,13-14H2,1-2H3. The van der Waals surface area contributed by atoms with Crippen molar-refractivity contribution in [2.75, 3.05) is 13.7 Å². The second-order valence-corrected chi connectivity index (χ2v) is 9.42. The summed E-state index contributed by atoms with van der Waals surface area (Å²) in [6.07, 6.45) is 0.599. The number of hydrogen-bond acceptors (Lipinski definition) is 8. The molecule has 4 aromatic rings. The SMILES string of the molecule is CNCn1cc(-c2cc3ccc(OCC(C)F)nc3n(-c3ccc(OC(S)S)cc3)c2=O)ccc1=N. The fraction of sp³-hybridized carbons (Fsp3) is 0.240. The Balaban J connectivity index is 1.92. The van der Waals surface area contributed by atoms with Crippen LogP contribution in [0, 0.1) is 5.41 Å². The summed E-state index contributed by atoms with van der Waals surface area (Å²) in [5, 5.41) is 11.8. The number of nitrogens with zero attached hydrogens (tertiary/aromatic N) is 3. The number of hydrogen-bond donors (Lipinski definition) is 4. The average molecular weight is 528 g/mol. The summed E-state index contributed by atoms with van der Waals surface area (Å²) in [6.45, 7) is 1.67. The van der Waals surface area contributed by atoms with Crippen molar-refractivity contribution in [3.05, 3.63) is 76.6 Å². The minimum atomic E-state index is -1.16. The third kappa shape index (κ3) is 5.75. The first-order chi connectivity index (χ1) is 17.3. The van der Waals surface area contributed by atoms with E-state index >= 15 is 0 Å². The lowest BCUT2D eigenvalue weighted by Crippen LogP contribution is -2.26. The van der Waals surface area contributed by atoms with Crippen molar-refractivity contribution in [2.45, 2.75) is 24.5 Å². The van der Waals surface area contributed by atoms with Gasteiger partial charge in [-0.05, 0) is 62.5 Å². The molecule has 2 N–H and O–H groups in total. The van der Waals surface area contributed by atoms with Gasteiger partial charge in [0, 0.05) is 28.8 Å². The van der Waals surface area contributed by atoms with Gasteiger partial charge in [-0.15, -0.1) is 25.3 Å². The van der Waals surface area contributed by atoms with Gasteiger partial charge in [0.2, 0.25) is 5.88 Å². The Morgan fingerprint density at radius 2 is 1.89 bits per heavy atom. The van der Waals surface area contributed by atoms with E-state index in [1.807, 2.05) is 0 Å². The van der Waals surface area contributed by atoms with E-state index in [0.717, 1.165) is 0 Å². The molecular weight excluding hydrogens is 501 g/mol. The van der Waals surface area contributed by atoms with Crippen molar-refractivity contribution in [1.29, 1.82) is 5.41 Å². The maximum Gasteiger partial charge on any atom is 0.264 e. The van der Waals surface area contributed by atoms with Gasteiger partial charge in [0.1, 0.15) is 24.0 Å². The van der Waals surface area contributed by atoms with Crippen LogP contribution < -0.4 is 25.8 Å². The Kier molecular flexibility index (Phi) is 8.02. The van der Waals surface area contributed by atoms with E-state index in [2.05, 4.69) is 35.6 Å². The number of nitrogens with one attached hydrogen (secondary N) is 2. The second-order valence-electron chi connectivity index (χ2n) is 8.08. The summed E-state index contributed by atoms with van der Waals surface area (Å²) in [6, 6.07) is 15.5. The molecule has 0 aliphatic rings. The topological polar surface area (TPSA) is 94.2 Å². The van der Waals surface area contributed by atoms with Gasteiger partial charge in [0.15, 0.2) is 10.4 Å². The maximum atomic E-state index is 13.9. The van der Waals surface area contributed by atoms with Crippen LogP contribution in [0.3, 0.4) is 0 Å². The van der Waals surface area contributed by atoms with Crippen molar-refractivity contribution in [1.82, 2.24) is 19.4 Å². The molecule has 0 fully saturated rings. The Morgan fingerprint density at radius 1 is 1.14 bits per heavy atom. The third-order valence-corrected chi connectivity index (χ3v) is 5.50. The molecule has 0 aliphatic carbocycles. The van der Waals surface area contributed by atoms with Gasteiger partial charge in [-0.2, -0.15) is 4.98 Å². The molecule has 0 amide bonds. The molecule has 0 saturated heterocycles. The largest absolute Gasteiger partial charge is 0.475 e. The lowest BCUT2D eigenvalue weighted by atomic mass is 10.1. The lowest BCUT2D eigenvalue weighted by Gasteiger charge is -2.16. The predicted molar refractivity (Wildman–Crippen MR) is 144 cm³/mol. The Labute approximate surface area is 218 Å². The molecular formula is C25H26FN5O3S2. The normalized spacial score (nSPS) is 12.2. The second kappa shape index (κ2) is 11.2. The fourth-order valence-corrected chi connectivity index (χ4v) is 3.94. The maximum absolute atomic E-state index is 13.9. The lowest BCUT2D eigenvalue weighted by molar-refractivity contribution is 0.204. The van der Waals surface area contributed by atoms with Gasteiger partial charge >= 0.3 is 0 Å². The highest BCUT2D eigenvalue weighted by molar-refractivity contribution is 7.98. The summed E-state index contributed by atoms with van der Waals surface area (Å²) in [5.41, 5.74) is 2.00. The molecule has 4 rings (SSSR count). The molecule has 3 aromatic heterocycles. The fourth-order valence-electron chi connectivity index (χ4n) is 3.70. The zero-order chi connectivity index (χ0) is 25.8. The van der Waals surface area contributed by atoms with Crippen molar-refractivity contribution >= 4 is 36.3 Å². The summed E-state index contributed by atoms with van der Waals surface area (Å²) < 4.78 is 26.9. The summed E-state index contributed by atoms with van der Waals surface area (Å²) in [7, 11) is 1.79. The third-order valence-electron chi connectivity index (χ3n) is 5.29. The highest BCUT2D eigenvalue weighted by atomic mass is 32.2. The first kappa shape index (κ1) is 25.8. The average Bonchev–Trinajstić information content (AvgIpc) is 2.84. The molecule has 1 atom stereocenters. The number of benzene rings is 1. The van der Waals surface area contributed by atoms with Crippen molar-refractivity contribution in [3.63, 3.8) is 0 Å². The molecule has 11 heteroatoms. The molecule has 188 valence electrons. The van der Waals surface area contributed by atoms with Crippen LogP contribution in [0.15, 0.2) is 65.6 Å². The van der Waals surface area contributed by atoms with Gasteiger partial charge in [-0.25, -0.2) is 4.39 Å².